The number of amides is 1. The number of methoxy groups -OCH3 is 1. The largest absolute Gasteiger partial charge is 0.521 e. The topological polar surface area (TPSA) is 90.7 Å². The van der Waals surface area contributed by atoms with Gasteiger partial charge in [-0.15, -0.1) is 0 Å². The molecule has 0 aromatic heterocycles. The number of hydrogen-bond acceptors (Lipinski definition) is 6. The molecule has 0 aliphatic carbocycles. The average Bonchev–Trinajstić information content (AvgIpc) is 2.53. The Bertz CT molecular complexity index is 633. The SMILES string of the molecule is COc1ccc([N+](=O)[O-])cc1[N+]1(C(=O)OC(C)(C)C)CCNCC1. The molecule has 0 radical (unpaired) electrons. The molecule has 1 heterocycles. The molecule has 132 valence electrons. The lowest BCUT2D eigenvalue weighted by molar-refractivity contribution is -0.384. The number of nitrogens with one attached hydrogen (secondary N) is 1. The molecule has 1 aromatic carbocycles. The van der Waals surface area contributed by atoms with Gasteiger partial charge in [-0.3, -0.25) is 10.1 Å². The van der Waals surface area contributed by atoms with E-state index in [-0.39, 0.29) is 10.2 Å². The van der Waals surface area contributed by atoms with Crippen molar-refractivity contribution in [3.05, 3.63) is 28.3 Å². The van der Waals surface area contributed by atoms with E-state index in [1.165, 1.54) is 25.3 Å². The van der Waals surface area contributed by atoms with Gasteiger partial charge in [0.2, 0.25) is 0 Å². The van der Waals surface area contributed by atoms with Gasteiger partial charge in [0.1, 0.15) is 18.7 Å². The van der Waals surface area contributed by atoms with Crippen LogP contribution in [0.3, 0.4) is 0 Å². The molecule has 0 unspecified atom stereocenters. The maximum atomic E-state index is 13.0. The molecule has 1 N–H and O–H groups in total. The number of carbonyl (C=O) groups is 1. The van der Waals surface area contributed by atoms with Crippen LogP contribution in [0.25, 0.3) is 0 Å². The fraction of sp³-hybridized carbons (Fsp3) is 0.562. The summed E-state index contributed by atoms with van der Waals surface area (Å²) >= 11 is 0. The van der Waals surface area contributed by atoms with Crippen molar-refractivity contribution in [1.29, 1.82) is 0 Å². The molecule has 8 heteroatoms. The van der Waals surface area contributed by atoms with E-state index in [9.17, 15) is 14.9 Å². The minimum Gasteiger partial charge on any atom is -0.491 e. The molecule has 1 aliphatic heterocycles. The molecule has 0 bridgehead atoms. The molecular formula is C16H24N3O5+. The molecule has 1 fully saturated rings. The molecule has 0 saturated carbocycles. The molecule has 0 spiro atoms. The summed E-state index contributed by atoms with van der Waals surface area (Å²) < 4.78 is 10.9. The average molecular weight is 338 g/mol. The van der Waals surface area contributed by atoms with Crippen LogP contribution in [0.2, 0.25) is 0 Å². The van der Waals surface area contributed by atoms with E-state index < -0.39 is 16.6 Å². The van der Waals surface area contributed by atoms with Crippen molar-refractivity contribution in [3.8, 4) is 5.75 Å². The van der Waals surface area contributed by atoms with Crippen molar-refractivity contribution >= 4 is 17.5 Å². The van der Waals surface area contributed by atoms with Crippen molar-refractivity contribution in [2.45, 2.75) is 26.4 Å². The quantitative estimate of drug-likeness (QED) is 0.517. The lowest BCUT2D eigenvalue weighted by Gasteiger charge is -2.39. The molecule has 24 heavy (non-hydrogen) atoms. The molecule has 8 nitrogen and oxygen atoms in total. The van der Waals surface area contributed by atoms with Crippen LogP contribution in [0.1, 0.15) is 20.8 Å². The Morgan fingerprint density at radius 3 is 2.42 bits per heavy atom. The minimum absolute atomic E-state index is 0.0783. The van der Waals surface area contributed by atoms with E-state index in [4.69, 9.17) is 9.47 Å². The Hall–Kier alpha value is -2.19. The molecule has 1 saturated heterocycles. The first kappa shape index (κ1) is 18.2. The first-order valence-electron chi connectivity index (χ1n) is 7.84. The third-order valence-electron chi connectivity index (χ3n) is 3.92. The van der Waals surface area contributed by atoms with Crippen LogP contribution in [-0.4, -0.2) is 49.9 Å². The summed E-state index contributed by atoms with van der Waals surface area (Å²) in [5.74, 6) is 0.438. The highest BCUT2D eigenvalue weighted by Crippen LogP contribution is 2.38. The normalized spacial score (nSPS) is 17.2. The Kier molecular flexibility index (Phi) is 5.10. The van der Waals surface area contributed by atoms with Crippen molar-refractivity contribution < 1.29 is 19.2 Å². The monoisotopic (exact) mass is 338 g/mol. The van der Waals surface area contributed by atoms with Crippen LogP contribution in [0.5, 0.6) is 5.75 Å². The summed E-state index contributed by atoms with van der Waals surface area (Å²) in [5, 5.41) is 14.4. The number of nitrogens with zero attached hydrogens (tertiary/aromatic N) is 2. The third kappa shape index (κ3) is 3.65. The van der Waals surface area contributed by atoms with Crippen LogP contribution in [0.15, 0.2) is 18.2 Å². The van der Waals surface area contributed by atoms with Gasteiger partial charge in [0, 0.05) is 19.2 Å². The molecule has 1 amide bonds. The summed E-state index contributed by atoms with van der Waals surface area (Å²) in [5.41, 5.74) is -0.269. The Labute approximate surface area is 141 Å². The molecule has 2 rings (SSSR count). The van der Waals surface area contributed by atoms with Gasteiger partial charge in [-0.2, -0.15) is 9.28 Å². The lowest BCUT2D eigenvalue weighted by atomic mass is 10.1. The van der Waals surface area contributed by atoms with E-state index in [2.05, 4.69) is 5.32 Å². The van der Waals surface area contributed by atoms with Crippen LogP contribution in [0, 0.1) is 10.1 Å². The van der Waals surface area contributed by atoms with Gasteiger partial charge in [-0.1, -0.05) is 0 Å². The third-order valence-corrected chi connectivity index (χ3v) is 3.92. The predicted molar refractivity (Wildman–Crippen MR) is 90.3 cm³/mol. The van der Waals surface area contributed by atoms with Crippen LogP contribution in [-0.2, 0) is 4.74 Å². The van der Waals surface area contributed by atoms with Crippen LogP contribution >= 0.6 is 0 Å². The van der Waals surface area contributed by atoms with Gasteiger partial charge in [0.25, 0.3) is 5.69 Å². The van der Waals surface area contributed by atoms with Gasteiger partial charge in [0.05, 0.1) is 18.1 Å². The second-order valence-electron chi connectivity index (χ2n) is 6.76. The van der Waals surface area contributed by atoms with Gasteiger partial charge in [0.15, 0.2) is 11.4 Å². The summed E-state index contributed by atoms with van der Waals surface area (Å²) in [6.07, 6.45) is -0.428. The second-order valence-corrected chi connectivity index (χ2v) is 6.76. The number of ether oxygens (including phenoxy) is 2. The van der Waals surface area contributed by atoms with E-state index in [1.807, 2.05) is 0 Å². The van der Waals surface area contributed by atoms with Crippen molar-refractivity contribution in [3.63, 3.8) is 0 Å². The fourth-order valence-electron chi connectivity index (χ4n) is 2.77. The highest BCUT2D eigenvalue weighted by Gasteiger charge is 2.47. The maximum Gasteiger partial charge on any atom is 0.521 e. The van der Waals surface area contributed by atoms with Crippen molar-refractivity contribution in [2.75, 3.05) is 33.3 Å². The summed E-state index contributed by atoms with van der Waals surface area (Å²) in [6, 6.07) is 4.31. The van der Waals surface area contributed by atoms with Crippen molar-refractivity contribution in [2.24, 2.45) is 0 Å². The zero-order valence-corrected chi connectivity index (χ0v) is 14.5. The number of carbonyl (C=O) groups excluding carboxylic acids is 1. The second kappa shape index (κ2) is 6.74. The van der Waals surface area contributed by atoms with Crippen LogP contribution in [0.4, 0.5) is 16.2 Å². The van der Waals surface area contributed by atoms with Crippen molar-refractivity contribution in [1.82, 2.24) is 9.80 Å². The molecule has 1 aliphatic rings. The van der Waals surface area contributed by atoms with Gasteiger partial charge < -0.3 is 14.8 Å². The highest BCUT2D eigenvalue weighted by atomic mass is 16.6. The molecular weight excluding hydrogens is 314 g/mol. The first-order valence-corrected chi connectivity index (χ1v) is 7.84. The number of nitro groups is 1. The van der Waals surface area contributed by atoms with Gasteiger partial charge in [-0.25, -0.2) is 0 Å². The Balaban J connectivity index is 2.57. The van der Waals surface area contributed by atoms with E-state index in [1.54, 1.807) is 20.8 Å². The standard InChI is InChI=1S/C16H24N3O5/c1-16(2,3)24-15(20)19(9-7-17-8-10-19)13-11-12(18(21)22)5-6-14(13)23-4/h5-6,11,17H,7-10H2,1-4H3/q+1. The van der Waals surface area contributed by atoms with Gasteiger partial charge in [-0.05, 0) is 26.8 Å². The number of nitro benzene ring substituents is 1. The number of non-ortho nitro benzene ring substituents is 1. The smallest absolute Gasteiger partial charge is 0.491 e. The lowest BCUT2D eigenvalue weighted by Crippen LogP contribution is -2.64. The number of rotatable bonds is 3. The zero-order chi connectivity index (χ0) is 18.0. The van der Waals surface area contributed by atoms with Gasteiger partial charge >= 0.3 is 6.09 Å². The number of piperazine rings is 1. The number of benzene rings is 1. The zero-order valence-electron chi connectivity index (χ0n) is 14.5. The fourth-order valence-corrected chi connectivity index (χ4v) is 2.77. The number of hydrogen-bond donors (Lipinski definition) is 1. The summed E-state index contributed by atoms with van der Waals surface area (Å²) in [6.45, 7) is 7.48. The highest BCUT2D eigenvalue weighted by molar-refractivity contribution is 5.86. The summed E-state index contributed by atoms with van der Waals surface area (Å²) in [7, 11) is 1.48. The first-order chi connectivity index (χ1) is 11.2. The van der Waals surface area contributed by atoms with E-state index in [0.29, 0.717) is 37.6 Å². The maximum absolute atomic E-state index is 13.0. The summed E-state index contributed by atoms with van der Waals surface area (Å²) in [4.78, 5) is 23.7. The Morgan fingerprint density at radius 1 is 1.29 bits per heavy atom. The molecule has 1 aromatic rings. The van der Waals surface area contributed by atoms with E-state index >= 15 is 0 Å². The molecule has 0 atom stereocenters. The van der Waals surface area contributed by atoms with Crippen LogP contribution < -0.4 is 14.5 Å². The Morgan fingerprint density at radius 2 is 1.92 bits per heavy atom. The predicted octanol–water partition coefficient (Wildman–Crippen LogP) is 2.45. The minimum atomic E-state index is -0.652. The number of quaternary nitrogens is 1. The van der Waals surface area contributed by atoms with E-state index in [0.717, 1.165) is 0 Å².